The molecule has 6 nitrogen and oxygen atoms in total. The average Bonchev–Trinajstić information content (AvgIpc) is 2.43. The fourth-order valence-electron chi connectivity index (χ4n) is 1.04. The Morgan fingerprint density at radius 1 is 0.762 bits per heavy atom. The standard InChI is InChI=1S/C7H6O2.C6H6O2.C2H4O2/c8-7(9)6-4-2-1-3-5-6;7-5-3-1-2-4-6(5)8;1-2(3)4/h1-5H,(H,8,9);1-4,7-8H;1H3,(H,3,4). The van der Waals surface area contributed by atoms with Crippen LogP contribution in [0, 0.1) is 0 Å². The number of rotatable bonds is 1. The molecular weight excluding hydrogens is 276 g/mol. The zero-order chi connectivity index (χ0) is 16.3. The normalized spacial score (nSPS) is 8.43. The van der Waals surface area contributed by atoms with E-state index in [1.54, 1.807) is 42.5 Å². The van der Waals surface area contributed by atoms with Crippen LogP contribution in [0.4, 0.5) is 0 Å². The lowest BCUT2D eigenvalue weighted by molar-refractivity contribution is -0.134. The van der Waals surface area contributed by atoms with Crippen molar-refractivity contribution in [2.45, 2.75) is 6.92 Å². The molecule has 0 atom stereocenters. The summed E-state index contributed by atoms with van der Waals surface area (Å²) in [6.45, 7) is 1.08. The van der Waals surface area contributed by atoms with Crippen LogP contribution in [0.3, 0.4) is 0 Å². The first-order valence-corrected chi connectivity index (χ1v) is 5.79. The molecule has 4 N–H and O–H groups in total. The molecule has 21 heavy (non-hydrogen) atoms. The Bertz CT molecular complexity index is 540. The number of para-hydroxylation sites is 2. The summed E-state index contributed by atoms with van der Waals surface area (Å²) in [5.41, 5.74) is 0.331. The average molecular weight is 292 g/mol. The summed E-state index contributed by atoms with van der Waals surface area (Å²) >= 11 is 0. The number of aromatic hydroxyl groups is 2. The molecular formula is C15H16O6. The monoisotopic (exact) mass is 292 g/mol. The number of carboxylic acids is 2. The fourth-order valence-corrected chi connectivity index (χ4v) is 1.04. The molecule has 0 aliphatic heterocycles. The molecule has 0 amide bonds. The Morgan fingerprint density at radius 2 is 1.10 bits per heavy atom. The third kappa shape index (κ3) is 9.54. The molecule has 0 saturated heterocycles. The molecule has 0 heterocycles. The van der Waals surface area contributed by atoms with Crippen LogP contribution in [0.15, 0.2) is 54.6 Å². The summed E-state index contributed by atoms with van der Waals surface area (Å²) in [5.74, 6) is -1.87. The van der Waals surface area contributed by atoms with Gasteiger partial charge in [-0.3, -0.25) is 4.79 Å². The third-order valence-electron chi connectivity index (χ3n) is 1.90. The van der Waals surface area contributed by atoms with Crippen LogP contribution < -0.4 is 0 Å². The molecule has 2 aromatic rings. The lowest BCUT2D eigenvalue weighted by Crippen LogP contribution is -1.93. The van der Waals surface area contributed by atoms with Gasteiger partial charge in [-0.2, -0.15) is 0 Å². The van der Waals surface area contributed by atoms with Gasteiger partial charge in [-0.15, -0.1) is 0 Å². The molecule has 0 radical (unpaired) electrons. The van der Waals surface area contributed by atoms with E-state index in [0.29, 0.717) is 5.56 Å². The number of carboxylic acid groups (broad SMARTS) is 2. The van der Waals surface area contributed by atoms with Crippen molar-refractivity contribution in [3.63, 3.8) is 0 Å². The third-order valence-corrected chi connectivity index (χ3v) is 1.90. The highest BCUT2D eigenvalue weighted by atomic mass is 16.4. The van der Waals surface area contributed by atoms with Gasteiger partial charge in [0.05, 0.1) is 5.56 Å². The van der Waals surface area contributed by atoms with Gasteiger partial charge in [-0.25, -0.2) is 4.79 Å². The van der Waals surface area contributed by atoms with Gasteiger partial charge in [0.2, 0.25) is 0 Å². The Labute approximate surface area is 121 Å². The van der Waals surface area contributed by atoms with E-state index in [9.17, 15) is 4.79 Å². The minimum Gasteiger partial charge on any atom is -0.504 e. The summed E-state index contributed by atoms with van der Waals surface area (Å²) in [6, 6.07) is 14.4. The maximum atomic E-state index is 10.2. The number of hydrogen-bond acceptors (Lipinski definition) is 4. The molecule has 0 aliphatic rings. The first kappa shape index (κ1) is 18.0. The zero-order valence-electron chi connectivity index (χ0n) is 11.3. The van der Waals surface area contributed by atoms with Crippen molar-refractivity contribution in [1.29, 1.82) is 0 Å². The van der Waals surface area contributed by atoms with Crippen LogP contribution >= 0.6 is 0 Å². The molecule has 0 aliphatic carbocycles. The van der Waals surface area contributed by atoms with Crippen LogP contribution in [0.25, 0.3) is 0 Å². The van der Waals surface area contributed by atoms with Crippen molar-refractivity contribution in [3.8, 4) is 11.5 Å². The summed E-state index contributed by atoms with van der Waals surface area (Å²) < 4.78 is 0. The predicted molar refractivity (Wildman–Crippen MR) is 76.5 cm³/mol. The number of hydrogen-bond donors (Lipinski definition) is 4. The summed E-state index contributed by atoms with van der Waals surface area (Å²) in [7, 11) is 0. The van der Waals surface area contributed by atoms with Gasteiger partial charge >= 0.3 is 5.97 Å². The van der Waals surface area contributed by atoms with Gasteiger partial charge in [0, 0.05) is 6.92 Å². The lowest BCUT2D eigenvalue weighted by Gasteiger charge is -1.91. The van der Waals surface area contributed by atoms with Crippen molar-refractivity contribution in [3.05, 3.63) is 60.2 Å². The Balaban J connectivity index is 0.000000308. The minimum absolute atomic E-state index is 0.0764. The van der Waals surface area contributed by atoms with Crippen LogP contribution in [0.5, 0.6) is 11.5 Å². The molecule has 0 spiro atoms. The molecule has 0 bridgehead atoms. The van der Waals surface area contributed by atoms with Crippen LogP contribution in [0.1, 0.15) is 17.3 Å². The quantitative estimate of drug-likeness (QED) is 0.600. The second-order valence-corrected chi connectivity index (χ2v) is 3.68. The predicted octanol–water partition coefficient (Wildman–Crippen LogP) is 2.57. The number of aliphatic carboxylic acids is 1. The maximum absolute atomic E-state index is 10.2. The second kappa shape index (κ2) is 9.85. The van der Waals surface area contributed by atoms with E-state index >= 15 is 0 Å². The number of benzene rings is 2. The largest absolute Gasteiger partial charge is 0.504 e. The molecule has 2 aromatic carbocycles. The number of phenolic OH excluding ortho intramolecular Hbond substituents is 2. The maximum Gasteiger partial charge on any atom is 0.335 e. The van der Waals surface area contributed by atoms with E-state index in [1.807, 2.05) is 0 Å². The number of phenols is 2. The second-order valence-electron chi connectivity index (χ2n) is 3.68. The van der Waals surface area contributed by atoms with Crippen molar-refractivity contribution < 1.29 is 30.0 Å². The Kier molecular flexibility index (Phi) is 8.43. The van der Waals surface area contributed by atoms with E-state index in [2.05, 4.69) is 0 Å². The molecule has 0 aromatic heterocycles. The van der Waals surface area contributed by atoms with E-state index in [-0.39, 0.29) is 11.5 Å². The molecule has 6 heteroatoms. The van der Waals surface area contributed by atoms with Gasteiger partial charge in [0.15, 0.2) is 11.5 Å². The van der Waals surface area contributed by atoms with E-state index in [0.717, 1.165) is 6.92 Å². The van der Waals surface area contributed by atoms with Gasteiger partial charge in [-0.1, -0.05) is 30.3 Å². The minimum atomic E-state index is -0.879. The van der Waals surface area contributed by atoms with Gasteiger partial charge in [0.25, 0.3) is 5.97 Å². The van der Waals surface area contributed by atoms with Crippen LogP contribution in [0.2, 0.25) is 0 Å². The number of carbonyl (C=O) groups is 2. The highest BCUT2D eigenvalue weighted by Crippen LogP contribution is 2.21. The summed E-state index contributed by atoms with van der Waals surface area (Å²) in [5, 5.41) is 33.1. The van der Waals surface area contributed by atoms with Gasteiger partial charge in [-0.05, 0) is 24.3 Å². The first-order valence-electron chi connectivity index (χ1n) is 5.79. The van der Waals surface area contributed by atoms with Crippen molar-refractivity contribution >= 4 is 11.9 Å². The first-order chi connectivity index (χ1) is 9.84. The zero-order valence-corrected chi connectivity index (χ0v) is 11.3. The van der Waals surface area contributed by atoms with Crippen LogP contribution in [-0.2, 0) is 4.79 Å². The highest BCUT2D eigenvalue weighted by Gasteiger charge is 1.96. The Morgan fingerprint density at radius 3 is 1.33 bits per heavy atom. The lowest BCUT2D eigenvalue weighted by atomic mass is 10.2. The summed E-state index contributed by atoms with van der Waals surface area (Å²) in [4.78, 5) is 19.2. The van der Waals surface area contributed by atoms with Gasteiger partial charge in [0.1, 0.15) is 0 Å². The van der Waals surface area contributed by atoms with Crippen LogP contribution in [-0.4, -0.2) is 32.4 Å². The van der Waals surface area contributed by atoms with Crippen molar-refractivity contribution in [2.75, 3.05) is 0 Å². The molecule has 112 valence electrons. The van der Waals surface area contributed by atoms with Gasteiger partial charge < -0.3 is 20.4 Å². The van der Waals surface area contributed by atoms with E-state index in [1.165, 1.54) is 12.1 Å². The Hall–Kier alpha value is -3.02. The molecule has 2 rings (SSSR count). The molecule has 0 unspecified atom stereocenters. The highest BCUT2D eigenvalue weighted by molar-refractivity contribution is 5.87. The van der Waals surface area contributed by atoms with Crippen molar-refractivity contribution in [2.24, 2.45) is 0 Å². The molecule has 0 fully saturated rings. The SMILES string of the molecule is CC(=O)O.O=C(O)c1ccccc1.Oc1ccccc1O. The van der Waals surface area contributed by atoms with Crippen molar-refractivity contribution in [1.82, 2.24) is 0 Å². The molecule has 0 saturated carbocycles. The van der Waals surface area contributed by atoms with E-state index in [4.69, 9.17) is 25.2 Å². The van der Waals surface area contributed by atoms with E-state index < -0.39 is 11.9 Å². The summed E-state index contributed by atoms with van der Waals surface area (Å²) in [6.07, 6.45) is 0. The number of aromatic carboxylic acids is 1. The fraction of sp³-hybridized carbons (Fsp3) is 0.0667. The smallest absolute Gasteiger partial charge is 0.335 e. The topological polar surface area (TPSA) is 115 Å².